The van der Waals surface area contributed by atoms with Crippen molar-refractivity contribution in [1.82, 2.24) is 9.62 Å². The van der Waals surface area contributed by atoms with Gasteiger partial charge in [-0.25, -0.2) is 12.7 Å². The third kappa shape index (κ3) is 5.36. The molecule has 0 aliphatic carbocycles. The van der Waals surface area contributed by atoms with Crippen LogP contribution in [-0.4, -0.2) is 44.9 Å². The van der Waals surface area contributed by atoms with E-state index < -0.39 is 15.9 Å². The van der Waals surface area contributed by atoms with Gasteiger partial charge in [0.1, 0.15) is 13.2 Å². The Morgan fingerprint density at radius 2 is 1.97 bits per heavy atom. The first-order chi connectivity index (χ1) is 15.3. The van der Waals surface area contributed by atoms with Gasteiger partial charge >= 0.3 is 0 Å². The molecule has 0 saturated carbocycles. The van der Waals surface area contributed by atoms with Gasteiger partial charge < -0.3 is 14.8 Å². The number of benzene rings is 2. The minimum atomic E-state index is -3.55. The smallest absolute Gasteiger partial charge is 0.224 e. The topological polar surface area (TPSA) is 84.9 Å². The number of rotatable bonds is 6. The van der Waals surface area contributed by atoms with Crippen molar-refractivity contribution >= 4 is 27.5 Å². The van der Waals surface area contributed by atoms with E-state index in [0.29, 0.717) is 54.7 Å². The minimum Gasteiger partial charge on any atom is -0.486 e. The lowest BCUT2D eigenvalue weighted by molar-refractivity contribution is -0.126. The standard InChI is InChI=1S/C23H27ClN2O5S/c1-16(18-7-8-21-22(13-18)31-11-10-30-21)25-23(27)19-5-3-9-26(14-19)32(28,29)15-17-4-2-6-20(24)12-17/h2,4,6-8,12-13,16,19H,3,5,9-11,14-15H2,1H3,(H,25,27)/t16-,19-/m0/s1. The molecule has 32 heavy (non-hydrogen) atoms. The fraction of sp³-hybridized carbons (Fsp3) is 0.435. The molecule has 1 N–H and O–H groups in total. The SMILES string of the molecule is C[C@H](NC(=O)[C@H]1CCCN(S(=O)(=O)Cc2cccc(Cl)c2)C1)c1ccc2c(c1)OCCO2. The molecule has 0 spiro atoms. The Balaban J connectivity index is 1.38. The summed E-state index contributed by atoms with van der Waals surface area (Å²) in [5.41, 5.74) is 1.54. The Hall–Kier alpha value is -2.29. The van der Waals surface area contributed by atoms with Gasteiger partial charge in [0.2, 0.25) is 15.9 Å². The Kier molecular flexibility index (Phi) is 6.93. The molecule has 1 amide bonds. The zero-order chi connectivity index (χ0) is 22.7. The highest BCUT2D eigenvalue weighted by Crippen LogP contribution is 2.33. The van der Waals surface area contributed by atoms with Crippen LogP contribution in [0.15, 0.2) is 42.5 Å². The first-order valence-electron chi connectivity index (χ1n) is 10.7. The van der Waals surface area contributed by atoms with Crippen molar-refractivity contribution in [3.8, 4) is 11.5 Å². The molecule has 2 heterocycles. The average molecular weight is 479 g/mol. The molecule has 0 unspecified atom stereocenters. The van der Waals surface area contributed by atoms with E-state index in [2.05, 4.69) is 5.32 Å². The fourth-order valence-electron chi connectivity index (χ4n) is 4.08. The summed E-state index contributed by atoms with van der Waals surface area (Å²) in [6.07, 6.45) is 1.30. The van der Waals surface area contributed by atoms with Crippen molar-refractivity contribution in [3.63, 3.8) is 0 Å². The number of sulfonamides is 1. The predicted molar refractivity (Wildman–Crippen MR) is 122 cm³/mol. The van der Waals surface area contributed by atoms with Crippen molar-refractivity contribution < 1.29 is 22.7 Å². The van der Waals surface area contributed by atoms with Gasteiger partial charge in [0.15, 0.2) is 11.5 Å². The number of piperidine rings is 1. The van der Waals surface area contributed by atoms with E-state index in [0.717, 1.165) is 5.56 Å². The molecule has 1 fully saturated rings. The number of carbonyl (C=O) groups excluding carboxylic acids is 1. The summed E-state index contributed by atoms with van der Waals surface area (Å²) in [5.74, 6) is 0.708. The average Bonchev–Trinajstić information content (AvgIpc) is 2.78. The number of hydrogen-bond acceptors (Lipinski definition) is 5. The van der Waals surface area contributed by atoms with Crippen LogP contribution in [0.2, 0.25) is 5.02 Å². The first kappa shape index (κ1) is 22.9. The van der Waals surface area contributed by atoms with Crippen LogP contribution >= 0.6 is 11.6 Å². The molecule has 2 aliphatic heterocycles. The summed E-state index contributed by atoms with van der Waals surface area (Å²) in [6.45, 7) is 3.53. The number of hydrogen-bond donors (Lipinski definition) is 1. The van der Waals surface area contributed by atoms with Crippen LogP contribution in [0, 0.1) is 5.92 Å². The number of amides is 1. The lowest BCUT2D eigenvalue weighted by atomic mass is 9.97. The Morgan fingerprint density at radius 3 is 2.75 bits per heavy atom. The third-order valence-electron chi connectivity index (χ3n) is 5.81. The number of nitrogens with one attached hydrogen (secondary N) is 1. The van der Waals surface area contributed by atoms with Gasteiger partial charge in [0, 0.05) is 18.1 Å². The van der Waals surface area contributed by atoms with Crippen molar-refractivity contribution in [1.29, 1.82) is 0 Å². The van der Waals surface area contributed by atoms with Crippen LogP contribution in [0.1, 0.15) is 36.9 Å². The van der Waals surface area contributed by atoms with Gasteiger partial charge in [-0.3, -0.25) is 4.79 Å². The van der Waals surface area contributed by atoms with E-state index in [1.807, 2.05) is 25.1 Å². The van der Waals surface area contributed by atoms with Crippen LogP contribution in [0.3, 0.4) is 0 Å². The molecule has 172 valence electrons. The summed E-state index contributed by atoms with van der Waals surface area (Å²) < 4.78 is 38.5. The number of carbonyl (C=O) groups is 1. The largest absolute Gasteiger partial charge is 0.486 e. The van der Waals surface area contributed by atoms with Crippen LogP contribution in [0.4, 0.5) is 0 Å². The highest BCUT2D eigenvalue weighted by atomic mass is 35.5. The molecule has 2 aromatic carbocycles. The summed E-state index contributed by atoms with van der Waals surface area (Å²) in [7, 11) is -3.55. The molecule has 1 saturated heterocycles. The van der Waals surface area contributed by atoms with Gasteiger partial charge in [-0.15, -0.1) is 0 Å². The monoisotopic (exact) mass is 478 g/mol. The van der Waals surface area contributed by atoms with Crippen molar-refractivity contribution in [2.24, 2.45) is 5.92 Å². The highest BCUT2D eigenvalue weighted by Gasteiger charge is 2.33. The van der Waals surface area contributed by atoms with E-state index >= 15 is 0 Å². The summed E-state index contributed by atoms with van der Waals surface area (Å²) in [6, 6.07) is 12.2. The molecular weight excluding hydrogens is 452 g/mol. The molecular formula is C23H27ClN2O5S. The Bertz CT molecular complexity index is 1090. The second kappa shape index (κ2) is 9.68. The van der Waals surface area contributed by atoms with Crippen molar-refractivity contribution in [2.45, 2.75) is 31.6 Å². The van der Waals surface area contributed by atoms with Gasteiger partial charge in [-0.05, 0) is 55.2 Å². The first-order valence-corrected chi connectivity index (χ1v) is 12.7. The molecule has 2 atom stereocenters. The summed E-state index contributed by atoms with van der Waals surface area (Å²) in [4.78, 5) is 12.9. The number of fused-ring (bicyclic) bond motifs is 1. The van der Waals surface area contributed by atoms with Crippen LogP contribution < -0.4 is 14.8 Å². The summed E-state index contributed by atoms with van der Waals surface area (Å²) in [5, 5.41) is 3.53. The van der Waals surface area contributed by atoms with E-state index in [4.69, 9.17) is 21.1 Å². The molecule has 0 aromatic heterocycles. The Labute approximate surface area is 193 Å². The maximum atomic E-state index is 12.9. The van der Waals surface area contributed by atoms with Crippen molar-refractivity contribution in [2.75, 3.05) is 26.3 Å². The third-order valence-corrected chi connectivity index (χ3v) is 7.86. The minimum absolute atomic E-state index is 0.129. The molecule has 9 heteroatoms. The second-order valence-electron chi connectivity index (χ2n) is 8.22. The number of nitrogens with zero attached hydrogens (tertiary/aromatic N) is 1. The molecule has 7 nitrogen and oxygen atoms in total. The van der Waals surface area contributed by atoms with Gasteiger partial charge in [0.25, 0.3) is 0 Å². The van der Waals surface area contributed by atoms with Crippen LogP contribution in [0.25, 0.3) is 0 Å². The lowest BCUT2D eigenvalue weighted by Gasteiger charge is -2.32. The zero-order valence-electron chi connectivity index (χ0n) is 17.9. The van der Waals surface area contributed by atoms with E-state index in [9.17, 15) is 13.2 Å². The molecule has 0 bridgehead atoms. The molecule has 2 aliphatic rings. The van der Waals surface area contributed by atoms with Crippen LogP contribution in [0.5, 0.6) is 11.5 Å². The number of halogens is 1. The number of ether oxygens (including phenoxy) is 2. The molecule has 0 radical (unpaired) electrons. The van der Waals surface area contributed by atoms with E-state index in [1.165, 1.54) is 4.31 Å². The fourth-order valence-corrected chi connectivity index (χ4v) is 5.89. The molecule has 2 aromatic rings. The summed E-state index contributed by atoms with van der Waals surface area (Å²) >= 11 is 5.99. The molecule has 4 rings (SSSR count). The van der Waals surface area contributed by atoms with Crippen LogP contribution in [-0.2, 0) is 20.6 Å². The maximum Gasteiger partial charge on any atom is 0.224 e. The van der Waals surface area contributed by atoms with Gasteiger partial charge in [-0.1, -0.05) is 29.8 Å². The normalized spacial score (nSPS) is 19.9. The van der Waals surface area contributed by atoms with Crippen molar-refractivity contribution in [3.05, 3.63) is 58.6 Å². The highest BCUT2D eigenvalue weighted by molar-refractivity contribution is 7.88. The predicted octanol–water partition coefficient (Wildman–Crippen LogP) is 3.53. The quantitative estimate of drug-likeness (QED) is 0.686. The zero-order valence-corrected chi connectivity index (χ0v) is 19.5. The lowest BCUT2D eigenvalue weighted by Crippen LogP contribution is -2.46. The van der Waals surface area contributed by atoms with Gasteiger partial charge in [0.05, 0.1) is 17.7 Å². The second-order valence-corrected chi connectivity index (χ2v) is 10.6. The van der Waals surface area contributed by atoms with Gasteiger partial charge in [-0.2, -0.15) is 0 Å². The Morgan fingerprint density at radius 1 is 1.19 bits per heavy atom. The van der Waals surface area contributed by atoms with E-state index in [-0.39, 0.29) is 24.2 Å². The van der Waals surface area contributed by atoms with E-state index in [1.54, 1.807) is 24.3 Å². The maximum absolute atomic E-state index is 12.9.